The molecule has 0 amide bonds. The van der Waals surface area contributed by atoms with Gasteiger partial charge in [-0.1, -0.05) is 5.16 Å². The lowest BCUT2D eigenvalue weighted by molar-refractivity contribution is 0.305. The average Bonchev–Trinajstić information content (AvgIpc) is 2.45. The summed E-state index contributed by atoms with van der Waals surface area (Å²) in [5, 5.41) is 11.8. The second kappa shape index (κ2) is 6.00. The van der Waals surface area contributed by atoms with E-state index in [0.717, 1.165) is 22.4 Å². The van der Waals surface area contributed by atoms with Crippen LogP contribution in [-0.4, -0.2) is 15.9 Å². The van der Waals surface area contributed by atoms with Crippen molar-refractivity contribution in [3.05, 3.63) is 59.4 Å². The van der Waals surface area contributed by atoms with E-state index in [1.54, 1.807) is 13.1 Å². The van der Waals surface area contributed by atoms with E-state index in [1.165, 1.54) is 0 Å². The Labute approximate surface area is 112 Å². The van der Waals surface area contributed by atoms with Gasteiger partial charge < -0.3 is 9.94 Å². The third-order valence-corrected chi connectivity index (χ3v) is 2.76. The van der Waals surface area contributed by atoms with Gasteiger partial charge in [0, 0.05) is 18.0 Å². The van der Waals surface area contributed by atoms with Crippen LogP contribution in [-0.2, 0) is 6.61 Å². The van der Waals surface area contributed by atoms with Gasteiger partial charge in [0.2, 0.25) is 0 Å². The second-order valence-electron chi connectivity index (χ2n) is 4.37. The first-order valence-electron chi connectivity index (χ1n) is 6.01. The number of pyridine rings is 1. The summed E-state index contributed by atoms with van der Waals surface area (Å²) in [5.74, 6) is 0.774. The standard InChI is InChI=1S/C15H16N2O2/c1-11-7-13(9-16-8-11)10-19-15-5-3-14(4-6-15)12(2)17-18/h3-9,18H,10H2,1-2H3/b17-12-. The molecule has 0 saturated carbocycles. The Morgan fingerprint density at radius 1 is 1.26 bits per heavy atom. The first-order valence-corrected chi connectivity index (χ1v) is 6.01. The van der Waals surface area contributed by atoms with Crippen LogP contribution in [0, 0.1) is 6.92 Å². The van der Waals surface area contributed by atoms with Crippen molar-refractivity contribution in [2.75, 3.05) is 0 Å². The van der Waals surface area contributed by atoms with E-state index in [0.29, 0.717) is 12.3 Å². The summed E-state index contributed by atoms with van der Waals surface area (Å²) in [6.07, 6.45) is 3.61. The highest BCUT2D eigenvalue weighted by molar-refractivity contribution is 5.98. The van der Waals surface area contributed by atoms with Crippen molar-refractivity contribution in [1.82, 2.24) is 4.98 Å². The minimum Gasteiger partial charge on any atom is -0.489 e. The summed E-state index contributed by atoms with van der Waals surface area (Å²) in [4.78, 5) is 4.12. The number of nitrogens with zero attached hydrogens (tertiary/aromatic N) is 2. The highest BCUT2D eigenvalue weighted by atomic mass is 16.5. The zero-order valence-electron chi connectivity index (χ0n) is 11.0. The quantitative estimate of drug-likeness (QED) is 0.519. The summed E-state index contributed by atoms with van der Waals surface area (Å²) in [5.41, 5.74) is 3.60. The van der Waals surface area contributed by atoms with Gasteiger partial charge in [-0.25, -0.2) is 0 Å². The van der Waals surface area contributed by atoms with Crippen molar-refractivity contribution < 1.29 is 9.94 Å². The normalized spacial score (nSPS) is 11.4. The van der Waals surface area contributed by atoms with E-state index in [1.807, 2.05) is 43.5 Å². The van der Waals surface area contributed by atoms with Gasteiger partial charge >= 0.3 is 0 Å². The molecule has 0 aliphatic rings. The Morgan fingerprint density at radius 3 is 2.63 bits per heavy atom. The molecular formula is C15H16N2O2. The summed E-state index contributed by atoms with van der Waals surface area (Å²) >= 11 is 0. The number of oxime groups is 1. The van der Waals surface area contributed by atoms with Gasteiger partial charge in [-0.2, -0.15) is 0 Å². The van der Waals surface area contributed by atoms with Gasteiger partial charge in [-0.3, -0.25) is 4.98 Å². The molecule has 2 aromatic rings. The molecule has 0 fully saturated rings. The zero-order chi connectivity index (χ0) is 13.7. The van der Waals surface area contributed by atoms with Crippen molar-refractivity contribution in [2.24, 2.45) is 5.16 Å². The first-order chi connectivity index (χ1) is 9.19. The Morgan fingerprint density at radius 2 is 2.00 bits per heavy atom. The first kappa shape index (κ1) is 13.1. The zero-order valence-corrected chi connectivity index (χ0v) is 11.0. The van der Waals surface area contributed by atoms with E-state index in [-0.39, 0.29) is 0 Å². The molecule has 1 heterocycles. The fraction of sp³-hybridized carbons (Fsp3) is 0.200. The van der Waals surface area contributed by atoms with Crippen LogP contribution < -0.4 is 4.74 Å². The molecule has 98 valence electrons. The van der Waals surface area contributed by atoms with E-state index < -0.39 is 0 Å². The summed E-state index contributed by atoms with van der Waals surface area (Å²) in [7, 11) is 0. The van der Waals surface area contributed by atoms with E-state index in [4.69, 9.17) is 9.94 Å². The third kappa shape index (κ3) is 3.55. The molecule has 1 aromatic heterocycles. The molecule has 4 nitrogen and oxygen atoms in total. The van der Waals surface area contributed by atoms with Crippen molar-refractivity contribution in [1.29, 1.82) is 0 Å². The smallest absolute Gasteiger partial charge is 0.119 e. The number of ether oxygens (including phenoxy) is 1. The van der Waals surface area contributed by atoms with Crippen LogP contribution >= 0.6 is 0 Å². The van der Waals surface area contributed by atoms with Crippen LogP contribution in [0.5, 0.6) is 5.75 Å². The lowest BCUT2D eigenvalue weighted by atomic mass is 10.1. The molecule has 1 N–H and O–H groups in total. The Bertz CT molecular complexity index is 577. The van der Waals surface area contributed by atoms with Gasteiger partial charge in [0.15, 0.2) is 0 Å². The van der Waals surface area contributed by atoms with Crippen LogP contribution in [0.25, 0.3) is 0 Å². The Balaban J connectivity index is 2.00. The minimum absolute atomic E-state index is 0.487. The van der Waals surface area contributed by atoms with Crippen molar-refractivity contribution in [3.8, 4) is 5.75 Å². The lowest BCUT2D eigenvalue weighted by Crippen LogP contribution is -1.98. The molecule has 0 spiro atoms. The van der Waals surface area contributed by atoms with Crippen molar-refractivity contribution >= 4 is 5.71 Å². The molecule has 4 heteroatoms. The Hall–Kier alpha value is -2.36. The molecule has 0 bridgehead atoms. The number of hydrogen-bond acceptors (Lipinski definition) is 4. The molecule has 0 aliphatic carbocycles. The maximum absolute atomic E-state index is 8.69. The number of benzene rings is 1. The number of rotatable bonds is 4. The number of hydrogen-bond donors (Lipinski definition) is 1. The topological polar surface area (TPSA) is 54.7 Å². The van der Waals surface area contributed by atoms with Gasteiger partial charge in [-0.05, 0) is 55.3 Å². The van der Waals surface area contributed by atoms with Gasteiger partial charge in [0.1, 0.15) is 12.4 Å². The molecule has 0 unspecified atom stereocenters. The number of aromatic nitrogens is 1. The third-order valence-electron chi connectivity index (χ3n) is 2.76. The predicted octanol–water partition coefficient (Wildman–Crippen LogP) is 3.17. The molecule has 1 aromatic carbocycles. The summed E-state index contributed by atoms with van der Waals surface area (Å²) < 4.78 is 5.67. The monoisotopic (exact) mass is 256 g/mol. The maximum atomic E-state index is 8.69. The van der Waals surface area contributed by atoms with Gasteiger partial charge in [-0.15, -0.1) is 0 Å². The van der Waals surface area contributed by atoms with Gasteiger partial charge in [0.25, 0.3) is 0 Å². The molecule has 0 aliphatic heterocycles. The average molecular weight is 256 g/mol. The molecule has 19 heavy (non-hydrogen) atoms. The highest BCUT2D eigenvalue weighted by Crippen LogP contribution is 2.15. The fourth-order valence-corrected chi connectivity index (χ4v) is 1.71. The van der Waals surface area contributed by atoms with E-state index in [2.05, 4.69) is 10.1 Å². The van der Waals surface area contributed by atoms with Crippen LogP contribution in [0.2, 0.25) is 0 Å². The Kier molecular flexibility index (Phi) is 4.13. The van der Waals surface area contributed by atoms with Crippen molar-refractivity contribution in [2.45, 2.75) is 20.5 Å². The lowest BCUT2D eigenvalue weighted by Gasteiger charge is -2.07. The van der Waals surface area contributed by atoms with Crippen LogP contribution in [0.3, 0.4) is 0 Å². The largest absolute Gasteiger partial charge is 0.489 e. The summed E-state index contributed by atoms with van der Waals surface area (Å²) in [6.45, 7) is 4.23. The SMILES string of the molecule is C/C(=N/O)c1ccc(OCc2cncc(C)c2)cc1. The molecule has 0 radical (unpaired) electrons. The van der Waals surface area contributed by atoms with E-state index >= 15 is 0 Å². The minimum atomic E-state index is 0.487. The molecular weight excluding hydrogens is 240 g/mol. The van der Waals surface area contributed by atoms with Gasteiger partial charge in [0.05, 0.1) is 5.71 Å². The van der Waals surface area contributed by atoms with Crippen molar-refractivity contribution in [3.63, 3.8) is 0 Å². The molecule has 0 saturated heterocycles. The second-order valence-corrected chi connectivity index (χ2v) is 4.37. The molecule has 2 rings (SSSR count). The fourth-order valence-electron chi connectivity index (χ4n) is 1.71. The predicted molar refractivity (Wildman–Crippen MR) is 73.7 cm³/mol. The maximum Gasteiger partial charge on any atom is 0.119 e. The summed E-state index contributed by atoms with van der Waals surface area (Å²) in [6, 6.07) is 9.47. The molecule has 0 atom stereocenters. The van der Waals surface area contributed by atoms with E-state index in [9.17, 15) is 0 Å². The highest BCUT2D eigenvalue weighted by Gasteiger charge is 2.00. The number of aryl methyl sites for hydroxylation is 1. The van der Waals surface area contributed by atoms with Crippen LogP contribution in [0.15, 0.2) is 47.9 Å². The van der Waals surface area contributed by atoms with Crippen LogP contribution in [0.4, 0.5) is 0 Å². The van der Waals surface area contributed by atoms with Crippen LogP contribution in [0.1, 0.15) is 23.6 Å².